The number of hydrogen-bond acceptors (Lipinski definition) is 4. The zero-order valence-electron chi connectivity index (χ0n) is 18.0. The van der Waals surface area contributed by atoms with Crippen molar-refractivity contribution in [2.45, 2.75) is 12.6 Å². The molecule has 1 heterocycles. The number of nitrogens with zero attached hydrogens (tertiary/aromatic N) is 3. The lowest BCUT2D eigenvalue weighted by Crippen LogP contribution is -2.46. The van der Waals surface area contributed by atoms with E-state index >= 15 is 0 Å². The third-order valence-corrected chi connectivity index (χ3v) is 5.35. The van der Waals surface area contributed by atoms with Crippen molar-refractivity contribution in [1.82, 2.24) is 15.1 Å². The molecule has 6 nitrogen and oxygen atoms in total. The summed E-state index contributed by atoms with van der Waals surface area (Å²) in [4.78, 5) is 8.91. The number of ether oxygens (including phenoxy) is 2. The van der Waals surface area contributed by atoms with E-state index in [0.717, 1.165) is 36.9 Å². The van der Waals surface area contributed by atoms with Gasteiger partial charge in [-0.2, -0.15) is 0 Å². The van der Waals surface area contributed by atoms with E-state index in [4.69, 9.17) is 9.47 Å². The number of benzene rings is 2. The van der Waals surface area contributed by atoms with Crippen LogP contribution in [0.3, 0.4) is 0 Å². The van der Waals surface area contributed by atoms with Gasteiger partial charge in [-0.1, -0.05) is 24.3 Å². The number of guanidine groups is 1. The van der Waals surface area contributed by atoms with Gasteiger partial charge >= 0.3 is 0 Å². The summed E-state index contributed by atoms with van der Waals surface area (Å²) in [5.74, 6) is 1.44. The minimum absolute atomic E-state index is 0.112. The van der Waals surface area contributed by atoms with Crippen LogP contribution in [0.1, 0.15) is 17.2 Å². The van der Waals surface area contributed by atoms with Gasteiger partial charge in [-0.25, -0.2) is 4.39 Å². The first kappa shape index (κ1) is 22.1. The monoisotopic (exact) mass is 414 g/mol. The fourth-order valence-electron chi connectivity index (χ4n) is 3.68. The zero-order valence-corrected chi connectivity index (χ0v) is 18.0. The van der Waals surface area contributed by atoms with Crippen LogP contribution in [-0.4, -0.2) is 69.8 Å². The van der Waals surface area contributed by atoms with E-state index in [2.05, 4.69) is 32.2 Å². The van der Waals surface area contributed by atoms with Crippen LogP contribution in [0.4, 0.5) is 4.39 Å². The van der Waals surface area contributed by atoms with Crippen LogP contribution in [0.2, 0.25) is 0 Å². The average molecular weight is 415 g/mol. The van der Waals surface area contributed by atoms with Crippen molar-refractivity contribution in [2.24, 2.45) is 4.99 Å². The molecule has 7 heteroatoms. The number of methoxy groups -OCH3 is 1. The molecule has 1 N–H and O–H groups in total. The quantitative estimate of drug-likeness (QED) is 0.558. The van der Waals surface area contributed by atoms with Gasteiger partial charge in [0.05, 0.1) is 26.4 Å². The Labute approximate surface area is 178 Å². The molecule has 1 fully saturated rings. The molecule has 162 valence electrons. The molecule has 2 aromatic rings. The van der Waals surface area contributed by atoms with Crippen LogP contribution in [0.25, 0.3) is 0 Å². The smallest absolute Gasteiger partial charge is 0.193 e. The molecule has 1 saturated heterocycles. The van der Waals surface area contributed by atoms with Gasteiger partial charge in [-0.3, -0.25) is 9.89 Å². The summed E-state index contributed by atoms with van der Waals surface area (Å²) in [6, 6.07) is 14.9. The van der Waals surface area contributed by atoms with Gasteiger partial charge in [0.1, 0.15) is 11.6 Å². The third kappa shape index (κ3) is 5.93. The number of halogens is 1. The second kappa shape index (κ2) is 10.9. The highest BCUT2D eigenvalue weighted by Gasteiger charge is 2.23. The van der Waals surface area contributed by atoms with E-state index in [1.165, 1.54) is 17.7 Å². The van der Waals surface area contributed by atoms with Gasteiger partial charge < -0.3 is 19.7 Å². The summed E-state index contributed by atoms with van der Waals surface area (Å²) in [5.41, 5.74) is 2.25. The maximum atomic E-state index is 13.4. The van der Waals surface area contributed by atoms with E-state index in [9.17, 15) is 4.39 Å². The Morgan fingerprint density at radius 2 is 1.83 bits per heavy atom. The first-order valence-electron chi connectivity index (χ1n) is 10.2. The van der Waals surface area contributed by atoms with Crippen LogP contribution in [0.15, 0.2) is 53.5 Å². The molecular weight excluding hydrogens is 383 g/mol. The molecule has 0 amide bonds. The minimum Gasteiger partial charge on any atom is -0.497 e. The molecule has 30 heavy (non-hydrogen) atoms. The minimum atomic E-state index is -0.220. The fraction of sp³-hybridized carbons (Fsp3) is 0.435. The van der Waals surface area contributed by atoms with Gasteiger partial charge in [0.15, 0.2) is 5.96 Å². The second-order valence-corrected chi connectivity index (χ2v) is 7.35. The highest BCUT2D eigenvalue weighted by atomic mass is 19.1. The Morgan fingerprint density at radius 1 is 1.17 bits per heavy atom. The number of morpholine rings is 1. The van der Waals surface area contributed by atoms with Gasteiger partial charge in [-0.05, 0) is 35.4 Å². The standard InChI is InChI=1S/C23H31FN4O2/c1-25-23(27(2)17-18-4-10-21(29-3)11-5-18)26-16-22(28-12-14-30-15-13-28)19-6-8-20(24)9-7-19/h4-11,22H,12-17H2,1-3H3,(H,25,26). The molecule has 1 atom stereocenters. The first-order chi connectivity index (χ1) is 14.6. The SMILES string of the molecule is CN=C(NCC(c1ccc(F)cc1)N1CCOCC1)N(C)Cc1ccc(OC)cc1. The maximum absolute atomic E-state index is 13.4. The van der Waals surface area contributed by atoms with Crippen molar-refractivity contribution in [3.63, 3.8) is 0 Å². The topological polar surface area (TPSA) is 49.3 Å². The molecule has 0 spiro atoms. The van der Waals surface area contributed by atoms with Crippen LogP contribution in [0, 0.1) is 5.82 Å². The Kier molecular flexibility index (Phi) is 8.04. The molecule has 1 aliphatic heterocycles. The summed E-state index contributed by atoms with van der Waals surface area (Å²) in [5, 5.41) is 3.50. The van der Waals surface area contributed by atoms with Gasteiger partial charge in [-0.15, -0.1) is 0 Å². The molecule has 1 aliphatic rings. The van der Waals surface area contributed by atoms with Gasteiger partial charge in [0.2, 0.25) is 0 Å². The van der Waals surface area contributed by atoms with E-state index < -0.39 is 0 Å². The van der Waals surface area contributed by atoms with E-state index in [1.807, 2.05) is 31.3 Å². The molecule has 2 aromatic carbocycles. The van der Waals surface area contributed by atoms with Crippen molar-refractivity contribution in [3.05, 3.63) is 65.5 Å². The number of nitrogens with one attached hydrogen (secondary N) is 1. The highest BCUT2D eigenvalue weighted by Crippen LogP contribution is 2.22. The number of aliphatic imine (C=N–C) groups is 1. The van der Waals surface area contributed by atoms with E-state index in [-0.39, 0.29) is 11.9 Å². The number of hydrogen-bond donors (Lipinski definition) is 1. The predicted molar refractivity (Wildman–Crippen MR) is 117 cm³/mol. The number of rotatable bonds is 7. The predicted octanol–water partition coefficient (Wildman–Crippen LogP) is 2.92. The normalized spacial score (nSPS) is 16.2. The van der Waals surface area contributed by atoms with Crippen molar-refractivity contribution >= 4 is 5.96 Å². The summed E-state index contributed by atoms with van der Waals surface area (Å²) in [6.45, 7) is 4.52. The van der Waals surface area contributed by atoms with Crippen LogP contribution in [-0.2, 0) is 11.3 Å². The maximum Gasteiger partial charge on any atom is 0.193 e. The molecule has 1 unspecified atom stereocenters. The average Bonchev–Trinajstić information content (AvgIpc) is 2.79. The fourth-order valence-corrected chi connectivity index (χ4v) is 3.68. The molecular formula is C23H31FN4O2. The molecule has 0 radical (unpaired) electrons. The molecule has 0 aliphatic carbocycles. The third-order valence-electron chi connectivity index (χ3n) is 5.35. The van der Waals surface area contributed by atoms with E-state index in [0.29, 0.717) is 19.8 Å². The van der Waals surface area contributed by atoms with Crippen molar-refractivity contribution < 1.29 is 13.9 Å². The van der Waals surface area contributed by atoms with Gasteiger partial charge in [0.25, 0.3) is 0 Å². The van der Waals surface area contributed by atoms with Crippen LogP contribution >= 0.6 is 0 Å². The zero-order chi connectivity index (χ0) is 21.3. The lowest BCUT2D eigenvalue weighted by atomic mass is 10.0. The molecule has 0 bridgehead atoms. The lowest BCUT2D eigenvalue weighted by molar-refractivity contribution is 0.0169. The summed E-state index contributed by atoms with van der Waals surface area (Å²) >= 11 is 0. The Hall–Kier alpha value is -2.64. The van der Waals surface area contributed by atoms with Crippen molar-refractivity contribution in [2.75, 3.05) is 54.1 Å². The Balaban J connectivity index is 1.66. The molecule has 0 aromatic heterocycles. The Morgan fingerprint density at radius 3 is 2.43 bits per heavy atom. The van der Waals surface area contributed by atoms with Crippen LogP contribution < -0.4 is 10.1 Å². The second-order valence-electron chi connectivity index (χ2n) is 7.35. The summed E-state index contributed by atoms with van der Waals surface area (Å²) in [6.07, 6.45) is 0. The highest BCUT2D eigenvalue weighted by molar-refractivity contribution is 5.79. The molecule has 0 saturated carbocycles. The summed E-state index contributed by atoms with van der Waals surface area (Å²) < 4.78 is 24.2. The first-order valence-corrected chi connectivity index (χ1v) is 10.2. The van der Waals surface area contributed by atoms with E-state index in [1.54, 1.807) is 14.2 Å². The largest absolute Gasteiger partial charge is 0.497 e. The van der Waals surface area contributed by atoms with Crippen LogP contribution in [0.5, 0.6) is 5.75 Å². The lowest BCUT2D eigenvalue weighted by Gasteiger charge is -2.35. The molecule has 3 rings (SSSR count). The van der Waals surface area contributed by atoms with Crippen molar-refractivity contribution in [1.29, 1.82) is 0 Å². The Bertz CT molecular complexity index is 805. The summed E-state index contributed by atoms with van der Waals surface area (Å²) in [7, 11) is 5.47. The van der Waals surface area contributed by atoms with Gasteiger partial charge in [0, 0.05) is 40.3 Å². The van der Waals surface area contributed by atoms with Crippen molar-refractivity contribution in [3.8, 4) is 5.75 Å².